The molecule has 2 amide bonds. The number of hydrogen-bond acceptors (Lipinski definition) is 7. The Balaban J connectivity index is 1.63. The normalized spacial score (nSPS) is 14.4. The van der Waals surface area contributed by atoms with Crippen LogP contribution >= 0.6 is 11.6 Å². The zero-order valence-electron chi connectivity index (χ0n) is 20.3. The topological polar surface area (TPSA) is 120 Å². The summed E-state index contributed by atoms with van der Waals surface area (Å²) in [7, 11) is 2.07. The second kappa shape index (κ2) is 12.5. The summed E-state index contributed by atoms with van der Waals surface area (Å²) in [5.41, 5.74) is 1.90. The molecule has 0 bridgehead atoms. The number of anilines is 1. The molecule has 1 aromatic heterocycles. The largest absolute Gasteiger partial charge is 0.489 e. The molecule has 1 aliphatic heterocycles. The van der Waals surface area contributed by atoms with E-state index in [2.05, 4.69) is 32.5 Å². The number of benzene rings is 1. The zero-order chi connectivity index (χ0) is 25.4. The molecule has 0 saturated carbocycles. The SMILES string of the molecule is CC(C)Oc1cc(CCNC(=O)C2CCN(C)CC2)c(Cl)cc1NC(=O)Cc1cnc(C#N)cn1. The molecule has 2 N–H and O–H groups in total. The second-order valence-electron chi connectivity index (χ2n) is 8.95. The van der Waals surface area contributed by atoms with Gasteiger partial charge in [0.25, 0.3) is 0 Å². The molecule has 1 aliphatic rings. The van der Waals surface area contributed by atoms with Crippen molar-refractivity contribution in [3.63, 3.8) is 0 Å². The standard InChI is InChI=1S/C25H31ClN6O3/c1-16(2)35-23-10-18(4-7-28-25(34)17-5-8-32(3)9-6-17)21(26)12-22(23)31-24(33)11-19-14-30-20(13-27)15-29-19/h10,12,14-17H,4-9,11H2,1-3H3,(H,28,34)(H,31,33). The average Bonchev–Trinajstić information content (AvgIpc) is 2.82. The number of nitriles is 1. The van der Waals surface area contributed by atoms with Crippen molar-refractivity contribution in [2.75, 3.05) is 32.0 Å². The molecular weight excluding hydrogens is 468 g/mol. The summed E-state index contributed by atoms with van der Waals surface area (Å²) in [5, 5.41) is 15.2. The minimum atomic E-state index is -0.313. The number of nitrogens with zero attached hydrogens (tertiary/aromatic N) is 4. The van der Waals surface area contributed by atoms with Crippen LogP contribution in [0.5, 0.6) is 5.75 Å². The minimum Gasteiger partial charge on any atom is -0.489 e. The van der Waals surface area contributed by atoms with Crippen molar-refractivity contribution < 1.29 is 14.3 Å². The van der Waals surface area contributed by atoms with Gasteiger partial charge in [-0.1, -0.05) is 11.6 Å². The molecule has 2 heterocycles. The van der Waals surface area contributed by atoms with Gasteiger partial charge in [0.15, 0.2) is 5.69 Å². The molecule has 9 nitrogen and oxygen atoms in total. The number of ether oxygens (including phenoxy) is 1. The van der Waals surface area contributed by atoms with E-state index in [4.69, 9.17) is 21.6 Å². The van der Waals surface area contributed by atoms with Gasteiger partial charge >= 0.3 is 0 Å². The van der Waals surface area contributed by atoms with Crippen molar-refractivity contribution in [1.82, 2.24) is 20.2 Å². The van der Waals surface area contributed by atoms with Gasteiger partial charge in [-0.2, -0.15) is 5.26 Å². The molecule has 35 heavy (non-hydrogen) atoms. The Morgan fingerprint density at radius 3 is 2.63 bits per heavy atom. The quantitative estimate of drug-likeness (QED) is 0.545. The van der Waals surface area contributed by atoms with Gasteiger partial charge in [-0.25, -0.2) is 4.98 Å². The zero-order valence-corrected chi connectivity index (χ0v) is 21.1. The van der Waals surface area contributed by atoms with Gasteiger partial charge in [0.2, 0.25) is 11.8 Å². The summed E-state index contributed by atoms with van der Waals surface area (Å²) in [6, 6.07) is 5.36. The van der Waals surface area contributed by atoms with Crippen LogP contribution in [0.2, 0.25) is 5.02 Å². The van der Waals surface area contributed by atoms with Crippen LogP contribution in [0.3, 0.4) is 0 Å². The summed E-state index contributed by atoms with van der Waals surface area (Å²) in [6.45, 7) is 6.13. The molecule has 0 atom stereocenters. The molecule has 0 spiro atoms. The summed E-state index contributed by atoms with van der Waals surface area (Å²) >= 11 is 6.52. The summed E-state index contributed by atoms with van der Waals surface area (Å²) < 4.78 is 5.93. The van der Waals surface area contributed by atoms with E-state index in [0.29, 0.717) is 35.1 Å². The molecule has 1 fully saturated rings. The van der Waals surface area contributed by atoms with Crippen molar-refractivity contribution in [3.8, 4) is 11.8 Å². The van der Waals surface area contributed by atoms with Crippen LogP contribution in [-0.4, -0.2) is 59.5 Å². The summed E-state index contributed by atoms with van der Waals surface area (Å²) in [4.78, 5) is 35.3. The maximum Gasteiger partial charge on any atom is 0.230 e. The predicted molar refractivity (Wildman–Crippen MR) is 133 cm³/mol. The van der Waals surface area contributed by atoms with Gasteiger partial charge in [-0.3, -0.25) is 14.6 Å². The molecule has 0 unspecified atom stereocenters. The summed E-state index contributed by atoms with van der Waals surface area (Å²) in [5.74, 6) is 0.328. The molecule has 1 aromatic carbocycles. The van der Waals surface area contributed by atoms with Crippen molar-refractivity contribution in [3.05, 3.63) is 46.5 Å². The molecule has 10 heteroatoms. The van der Waals surface area contributed by atoms with E-state index in [0.717, 1.165) is 31.5 Å². The number of aromatic nitrogens is 2. The van der Waals surface area contributed by atoms with Gasteiger partial charge in [-0.05, 0) is 70.9 Å². The van der Waals surface area contributed by atoms with Gasteiger partial charge in [0.1, 0.15) is 11.8 Å². The third kappa shape index (κ3) is 7.91. The Bertz CT molecular complexity index is 1080. The van der Waals surface area contributed by atoms with Crippen LogP contribution < -0.4 is 15.4 Å². The van der Waals surface area contributed by atoms with Crippen LogP contribution in [-0.2, 0) is 22.4 Å². The lowest BCUT2D eigenvalue weighted by Crippen LogP contribution is -2.39. The molecule has 2 aromatic rings. The highest BCUT2D eigenvalue weighted by atomic mass is 35.5. The van der Waals surface area contributed by atoms with Crippen molar-refractivity contribution >= 4 is 29.1 Å². The van der Waals surface area contributed by atoms with E-state index < -0.39 is 0 Å². The first-order valence-electron chi connectivity index (χ1n) is 11.7. The van der Waals surface area contributed by atoms with Crippen LogP contribution in [0.25, 0.3) is 0 Å². The predicted octanol–water partition coefficient (Wildman–Crippen LogP) is 2.97. The Morgan fingerprint density at radius 1 is 1.26 bits per heavy atom. The smallest absolute Gasteiger partial charge is 0.230 e. The van der Waals surface area contributed by atoms with Gasteiger partial charge in [0.05, 0.1) is 36.3 Å². The van der Waals surface area contributed by atoms with E-state index in [9.17, 15) is 9.59 Å². The van der Waals surface area contributed by atoms with Crippen molar-refractivity contribution in [2.24, 2.45) is 5.92 Å². The Labute approximate surface area is 210 Å². The molecule has 186 valence electrons. The fourth-order valence-electron chi connectivity index (χ4n) is 3.83. The molecule has 1 saturated heterocycles. The fraction of sp³-hybridized carbons (Fsp3) is 0.480. The fourth-order valence-corrected chi connectivity index (χ4v) is 4.09. The third-order valence-electron chi connectivity index (χ3n) is 5.73. The van der Waals surface area contributed by atoms with Crippen molar-refractivity contribution in [2.45, 2.75) is 45.6 Å². The van der Waals surface area contributed by atoms with Gasteiger partial charge in [-0.15, -0.1) is 0 Å². The van der Waals surface area contributed by atoms with Crippen molar-refractivity contribution in [1.29, 1.82) is 5.26 Å². The monoisotopic (exact) mass is 498 g/mol. The van der Waals surface area contributed by atoms with E-state index >= 15 is 0 Å². The average molecular weight is 499 g/mol. The van der Waals surface area contributed by atoms with Crippen LogP contribution in [0.15, 0.2) is 24.5 Å². The number of amides is 2. The third-order valence-corrected chi connectivity index (χ3v) is 6.08. The van der Waals surface area contributed by atoms with E-state index in [1.807, 2.05) is 19.9 Å². The first-order valence-corrected chi connectivity index (χ1v) is 12.1. The second-order valence-corrected chi connectivity index (χ2v) is 9.36. The van der Waals surface area contributed by atoms with E-state index in [-0.39, 0.29) is 36.0 Å². The lowest BCUT2D eigenvalue weighted by molar-refractivity contribution is -0.126. The number of piperidine rings is 1. The van der Waals surface area contributed by atoms with Crippen LogP contribution in [0, 0.1) is 17.2 Å². The minimum absolute atomic E-state index is 0.0117. The first-order chi connectivity index (χ1) is 16.7. The summed E-state index contributed by atoms with van der Waals surface area (Å²) in [6.07, 6.45) is 4.89. The highest BCUT2D eigenvalue weighted by Crippen LogP contribution is 2.33. The van der Waals surface area contributed by atoms with Gasteiger partial charge in [0, 0.05) is 17.5 Å². The molecular formula is C25H31ClN6O3. The molecule has 3 rings (SSSR count). The maximum atomic E-state index is 12.6. The Kier molecular flexibility index (Phi) is 9.40. The highest BCUT2D eigenvalue weighted by Gasteiger charge is 2.23. The number of hydrogen-bond donors (Lipinski definition) is 2. The number of halogens is 1. The number of carbonyl (C=O) groups excluding carboxylic acids is 2. The number of carbonyl (C=O) groups is 2. The lowest BCUT2D eigenvalue weighted by Gasteiger charge is -2.28. The first kappa shape index (κ1) is 26.4. The lowest BCUT2D eigenvalue weighted by atomic mass is 9.96. The number of rotatable bonds is 9. The van der Waals surface area contributed by atoms with Crippen LogP contribution in [0.4, 0.5) is 5.69 Å². The Hall–Kier alpha value is -3.22. The van der Waals surface area contributed by atoms with Crippen LogP contribution in [0.1, 0.15) is 43.6 Å². The van der Waals surface area contributed by atoms with E-state index in [1.165, 1.54) is 12.4 Å². The molecule has 0 aliphatic carbocycles. The van der Waals surface area contributed by atoms with E-state index in [1.54, 1.807) is 12.1 Å². The maximum absolute atomic E-state index is 12.6. The highest BCUT2D eigenvalue weighted by molar-refractivity contribution is 6.31. The molecule has 0 radical (unpaired) electrons. The van der Waals surface area contributed by atoms with Gasteiger partial charge < -0.3 is 20.3 Å². The number of likely N-dealkylation sites (tertiary alicyclic amines) is 1. The number of nitrogens with one attached hydrogen (secondary N) is 2. The Morgan fingerprint density at radius 2 is 2.00 bits per heavy atom.